The summed E-state index contributed by atoms with van der Waals surface area (Å²) >= 11 is 6.19. The van der Waals surface area contributed by atoms with Gasteiger partial charge in [-0.15, -0.1) is 0 Å². The summed E-state index contributed by atoms with van der Waals surface area (Å²) in [5.74, 6) is -0.160. The molecular weight excluding hydrogens is 397 g/mol. The second-order valence-electron chi connectivity index (χ2n) is 8.33. The Hall–Kier alpha value is -2.16. The fraction of sp³-hybridized carbons (Fsp3) is 0.500. The van der Waals surface area contributed by atoms with Gasteiger partial charge >= 0.3 is 0 Å². The summed E-state index contributed by atoms with van der Waals surface area (Å²) in [7, 11) is 3.90. The van der Waals surface area contributed by atoms with Crippen molar-refractivity contribution in [1.29, 1.82) is 0 Å². The lowest BCUT2D eigenvalue weighted by Crippen LogP contribution is -2.66. The van der Waals surface area contributed by atoms with E-state index in [0.717, 1.165) is 5.69 Å². The maximum Gasteiger partial charge on any atom is 0.251 e. The van der Waals surface area contributed by atoms with Gasteiger partial charge in [-0.3, -0.25) is 4.79 Å². The first-order valence-electron chi connectivity index (χ1n) is 9.79. The third-order valence-corrected chi connectivity index (χ3v) is 5.99. The van der Waals surface area contributed by atoms with E-state index in [2.05, 4.69) is 22.1 Å². The van der Waals surface area contributed by atoms with Crippen LogP contribution in [0.1, 0.15) is 6.92 Å². The molecule has 9 heteroatoms. The minimum Gasteiger partial charge on any atom is -0.470 e. The largest absolute Gasteiger partial charge is 0.470 e. The van der Waals surface area contributed by atoms with E-state index >= 15 is 0 Å². The number of aromatic nitrogens is 1. The molecule has 5 rings (SSSR count). The number of fused-ring (bicyclic) bond motifs is 4. The zero-order chi connectivity index (χ0) is 20.4. The molecule has 1 aromatic heterocycles. The van der Waals surface area contributed by atoms with Gasteiger partial charge in [0.25, 0.3) is 5.91 Å². The number of anilines is 2. The summed E-state index contributed by atoms with van der Waals surface area (Å²) < 4.78 is 21.0. The van der Waals surface area contributed by atoms with Crippen LogP contribution in [0, 0.1) is 5.82 Å². The lowest BCUT2D eigenvalue weighted by molar-refractivity contribution is -0.121. The number of hydrogen-bond donors (Lipinski definition) is 1. The van der Waals surface area contributed by atoms with E-state index in [9.17, 15) is 9.18 Å². The molecule has 1 saturated heterocycles. The molecule has 7 nitrogen and oxygen atoms in total. The van der Waals surface area contributed by atoms with E-state index in [1.807, 2.05) is 19.0 Å². The maximum absolute atomic E-state index is 14.8. The Bertz CT molecular complexity index is 1020. The van der Waals surface area contributed by atoms with Crippen molar-refractivity contribution in [2.45, 2.75) is 25.1 Å². The topological polar surface area (TPSA) is 60.9 Å². The minimum atomic E-state index is -0.493. The Morgan fingerprint density at radius 1 is 1.34 bits per heavy atom. The highest BCUT2D eigenvalue weighted by Gasteiger charge is 2.46. The second kappa shape index (κ2) is 6.68. The molecule has 3 aliphatic rings. The van der Waals surface area contributed by atoms with Gasteiger partial charge in [0.05, 0.1) is 12.2 Å². The Morgan fingerprint density at radius 3 is 2.90 bits per heavy atom. The van der Waals surface area contributed by atoms with Crippen molar-refractivity contribution in [2.75, 3.05) is 50.1 Å². The molecule has 154 valence electrons. The van der Waals surface area contributed by atoms with E-state index in [4.69, 9.17) is 16.3 Å². The molecule has 2 aromatic rings. The SMILES string of the molecule is CC1CN2c3c4c(nc5c(F)cc(Cl)cc35)OC(CN(C)C)CN4C(=O)C2CN1. The number of halogens is 2. The van der Waals surface area contributed by atoms with Gasteiger partial charge in [-0.25, -0.2) is 9.37 Å². The average Bonchev–Trinajstić information content (AvgIpc) is 2.64. The van der Waals surface area contributed by atoms with Crippen molar-refractivity contribution in [3.8, 4) is 5.88 Å². The van der Waals surface area contributed by atoms with Crippen molar-refractivity contribution < 1.29 is 13.9 Å². The maximum atomic E-state index is 14.8. The molecule has 3 atom stereocenters. The molecule has 0 spiro atoms. The van der Waals surface area contributed by atoms with Gasteiger partial charge in [-0.2, -0.15) is 0 Å². The molecular formula is C20H23ClFN5O2. The quantitative estimate of drug-likeness (QED) is 0.801. The van der Waals surface area contributed by atoms with Crippen LogP contribution < -0.4 is 19.9 Å². The molecule has 0 saturated carbocycles. The molecule has 0 aliphatic carbocycles. The first-order chi connectivity index (χ1) is 13.8. The fourth-order valence-electron chi connectivity index (χ4n) is 4.61. The number of carbonyl (C=O) groups excluding carboxylic acids is 1. The van der Waals surface area contributed by atoms with E-state index in [0.29, 0.717) is 48.2 Å². The second-order valence-corrected chi connectivity index (χ2v) is 8.76. The molecule has 1 aromatic carbocycles. The Kier molecular flexibility index (Phi) is 4.34. The average molecular weight is 420 g/mol. The van der Waals surface area contributed by atoms with Gasteiger partial charge in [-0.05, 0) is 33.2 Å². The van der Waals surface area contributed by atoms with Gasteiger partial charge in [-0.1, -0.05) is 11.6 Å². The Labute approximate surface area is 173 Å². The molecule has 1 N–H and O–H groups in total. The normalized spacial score (nSPS) is 25.9. The zero-order valence-electron chi connectivity index (χ0n) is 16.6. The standard InChI is InChI=1S/C20H23ClFN5O2/c1-10-7-26-15(6-23-10)20(28)27-9-12(8-25(2)3)29-19-18(27)17(26)13-4-11(21)5-14(22)16(13)24-19/h4-5,10,12,15,23H,6-9H2,1-3H3. The molecule has 0 bridgehead atoms. The van der Waals surface area contributed by atoms with Gasteiger partial charge < -0.3 is 24.8 Å². The number of likely N-dealkylation sites (N-methyl/N-ethyl adjacent to an activating group) is 1. The summed E-state index contributed by atoms with van der Waals surface area (Å²) in [4.78, 5) is 23.7. The summed E-state index contributed by atoms with van der Waals surface area (Å²) in [6.45, 7) is 4.31. The number of amides is 1. The van der Waals surface area contributed by atoms with Crippen LogP contribution >= 0.6 is 11.6 Å². The molecule has 1 fully saturated rings. The first kappa shape index (κ1) is 18.8. The van der Waals surface area contributed by atoms with Crippen LogP contribution in [-0.2, 0) is 4.79 Å². The van der Waals surface area contributed by atoms with Crippen LogP contribution in [0.25, 0.3) is 10.9 Å². The van der Waals surface area contributed by atoms with Crippen LogP contribution in [-0.4, -0.2) is 74.3 Å². The summed E-state index contributed by atoms with van der Waals surface area (Å²) in [5.41, 5.74) is 1.63. The highest BCUT2D eigenvalue weighted by atomic mass is 35.5. The molecule has 29 heavy (non-hydrogen) atoms. The lowest BCUT2D eigenvalue weighted by Gasteiger charge is -2.49. The van der Waals surface area contributed by atoms with Gasteiger partial charge in [0.15, 0.2) is 5.82 Å². The number of pyridine rings is 1. The van der Waals surface area contributed by atoms with Crippen molar-refractivity contribution >= 4 is 39.8 Å². The minimum absolute atomic E-state index is 0.0221. The van der Waals surface area contributed by atoms with E-state index < -0.39 is 5.82 Å². The number of carbonyl (C=O) groups is 1. The number of hydrogen-bond acceptors (Lipinski definition) is 6. The Morgan fingerprint density at radius 2 is 2.14 bits per heavy atom. The zero-order valence-corrected chi connectivity index (χ0v) is 17.3. The van der Waals surface area contributed by atoms with Crippen LogP contribution in [0.2, 0.25) is 5.02 Å². The van der Waals surface area contributed by atoms with Crippen LogP contribution in [0.4, 0.5) is 15.8 Å². The van der Waals surface area contributed by atoms with E-state index in [1.165, 1.54) is 6.07 Å². The molecule has 4 heterocycles. The lowest BCUT2D eigenvalue weighted by atomic mass is 9.98. The molecule has 3 aliphatic heterocycles. The summed E-state index contributed by atoms with van der Waals surface area (Å²) in [5, 5.41) is 4.30. The van der Waals surface area contributed by atoms with Crippen molar-refractivity contribution in [2.24, 2.45) is 0 Å². The van der Waals surface area contributed by atoms with Crippen LogP contribution in [0.5, 0.6) is 5.88 Å². The van der Waals surface area contributed by atoms with E-state index in [1.54, 1.807) is 11.0 Å². The Balaban J connectivity index is 1.78. The third kappa shape index (κ3) is 2.93. The predicted octanol–water partition coefficient (Wildman–Crippen LogP) is 1.86. The van der Waals surface area contributed by atoms with Crippen LogP contribution in [0.3, 0.4) is 0 Å². The highest BCUT2D eigenvalue weighted by Crippen LogP contribution is 2.49. The number of nitrogens with zero attached hydrogens (tertiary/aromatic N) is 4. The number of ether oxygens (including phenoxy) is 1. The van der Waals surface area contributed by atoms with Crippen LogP contribution in [0.15, 0.2) is 12.1 Å². The van der Waals surface area contributed by atoms with Crippen molar-refractivity contribution in [3.63, 3.8) is 0 Å². The number of benzene rings is 1. The highest BCUT2D eigenvalue weighted by molar-refractivity contribution is 6.31. The first-order valence-corrected chi connectivity index (χ1v) is 10.2. The van der Waals surface area contributed by atoms with Crippen molar-refractivity contribution in [1.82, 2.24) is 15.2 Å². The number of piperazine rings is 1. The number of nitrogens with one attached hydrogen (secondary N) is 1. The third-order valence-electron chi connectivity index (χ3n) is 5.77. The summed E-state index contributed by atoms with van der Waals surface area (Å²) in [6.07, 6.45) is -0.239. The summed E-state index contributed by atoms with van der Waals surface area (Å²) in [6, 6.07) is 2.84. The van der Waals surface area contributed by atoms with Gasteiger partial charge in [0, 0.05) is 36.1 Å². The monoisotopic (exact) mass is 419 g/mol. The van der Waals surface area contributed by atoms with Gasteiger partial charge in [0.1, 0.15) is 23.3 Å². The predicted molar refractivity (Wildman–Crippen MR) is 111 cm³/mol. The fourth-order valence-corrected chi connectivity index (χ4v) is 4.81. The number of rotatable bonds is 2. The van der Waals surface area contributed by atoms with Crippen molar-refractivity contribution in [3.05, 3.63) is 23.0 Å². The smallest absolute Gasteiger partial charge is 0.251 e. The van der Waals surface area contributed by atoms with Gasteiger partial charge in [0.2, 0.25) is 5.88 Å². The molecule has 0 radical (unpaired) electrons. The molecule has 1 amide bonds. The van der Waals surface area contributed by atoms with E-state index in [-0.39, 0.29) is 29.6 Å². The molecule has 3 unspecified atom stereocenters.